The molecule has 0 aliphatic carbocycles. The molecule has 114 valence electrons. The van der Waals surface area contributed by atoms with Crippen LogP contribution >= 0.6 is 0 Å². The molecule has 0 spiro atoms. The van der Waals surface area contributed by atoms with Gasteiger partial charge in [0, 0.05) is 13.1 Å². The SMILES string of the molecule is CCCC1CCCN(CCNCCC(C)(C)C)CC1. The molecule has 1 aliphatic rings. The number of likely N-dealkylation sites (tertiary alicyclic amines) is 1. The first kappa shape index (κ1) is 17.0. The number of nitrogens with one attached hydrogen (secondary N) is 1. The van der Waals surface area contributed by atoms with Crippen molar-refractivity contribution < 1.29 is 0 Å². The molecule has 1 unspecified atom stereocenters. The molecule has 0 amide bonds. The van der Waals surface area contributed by atoms with Gasteiger partial charge in [0.1, 0.15) is 0 Å². The highest BCUT2D eigenvalue weighted by Gasteiger charge is 2.16. The molecule has 1 N–H and O–H groups in total. The van der Waals surface area contributed by atoms with Crippen molar-refractivity contribution in [1.29, 1.82) is 0 Å². The van der Waals surface area contributed by atoms with Gasteiger partial charge >= 0.3 is 0 Å². The monoisotopic (exact) mass is 268 g/mol. The minimum atomic E-state index is 0.461. The van der Waals surface area contributed by atoms with Gasteiger partial charge in [-0.15, -0.1) is 0 Å². The zero-order valence-corrected chi connectivity index (χ0v) is 13.8. The molecule has 1 heterocycles. The predicted molar refractivity (Wildman–Crippen MR) is 85.6 cm³/mol. The van der Waals surface area contributed by atoms with Crippen LogP contribution in [-0.4, -0.2) is 37.6 Å². The predicted octanol–water partition coefficient (Wildman–Crippen LogP) is 3.91. The summed E-state index contributed by atoms with van der Waals surface area (Å²) in [6, 6.07) is 0. The van der Waals surface area contributed by atoms with E-state index in [1.165, 1.54) is 58.2 Å². The van der Waals surface area contributed by atoms with E-state index < -0.39 is 0 Å². The third-order valence-electron chi connectivity index (χ3n) is 4.29. The molecule has 1 fully saturated rings. The molecule has 1 rings (SSSR count). The van der Waals surface area contributed by atoms with E-state index in [2.05, 4.69) is 37.9 Å². The third-order valence-corrected chi connectivity index (χ3v) is 4.29. The fourth-order valence-electron chi connectivity index (χ4n) is 2.97. The second kappa shape index (κ2) is 8.97. The summed E-state index contributed by atoms with van der Waals surface area (Å²) in [7, 11) is 0. The van der Waals surface area contributed by atoms with Crippen molar-refractivity contribution in [2.45, 2.75) is 66.2 Å². The maximum Gasteiger partial charge on any atom is 0.0107 e. The normalized spacial score (nSPS) is 22.4. The summed E-state index contributed by atoms with van der Waals surface area (Å²) in [4.78, 5) is 2.67. The Balaban J connectivity index is 2.06. The molecule has 19 heavy (non-hydrogen) atoms. The summed E-state index contributed by atoms with van der Waals surface area (Å²) in [5, 5.41) is 3.60. The molecule has 0 radical (unpaired) electrons. The van der Waals surface area contributed by atoms with Gasteiger partial charge in [-0.1, -0.05) is 40.5 Å². The van der Waals surface area contributed by atoms with Gasteiger partial charge in [0.2, 0.25) is 0 Å². The Hall–Kier alpha value is -0.0800. The standard InChI is InChI=1S/C17H36N2/c1-5-7-16-8-6-13-19(14-9-16)15-12-18-11-10-17(2,3)4/h16,18H,5-15H2,1-4H3. The summed E-state index contributed by atoms with van der Waals surface area (Å²) >= 11 is 0. The summed E-state index contributed by atoms with van der Waals surface area (Å²) < 4.78 is 0. The Morgan fingerprint density at radius 3 is 2.58 bits per heavy atom. The number of hydrogen-bond donors (Lipinski definition) is 1. The lowest BCUT2D eigenvalue weighted by molar-refractivity contribution is 0.275. The summed E-state index contributed by atoms with van der Waals surface area (Å²) in [6.07, 6.45) is 8.37. The highest BCUT2D eigenvalue weighted by molar-refractivity contribution is 4.71. The van der Waals surface area contributed by atoms with E-state index in [1.54, 1.807) is 0 Å². The molecule has 0 aromatic carbocycles. The van der Waals surface area contributed by atoms with Gasteiger partial charge in [0.25, 0.3) is 0 Å². The van der Waals surface area contributed by atoms with Crippen LogP contribution in [0, 0.1) is 11.3 Å². The highest BCUT2D eigenvalue weighted by atomic mass is 15.1. The quantitative estimate of drug-likeness (QED) is 0.704. The van der Waals surface area contributed by atoms with Gasteiger partial charge in [-0.05, 0) is 56.7 Å². The van der Waals surface area contributed by atoms with Crippen molar-refractivity contribution in [3.05, 3.63) is 0 Å². The molecule has 0 aromatic heterocycles. The maximum atomic E-state index is 3.60. The molecule has 0 saturated carbocycles. The van der Waals surface area contributed by atoms with Crippen LogP contribution in [0.25, 0.3) is 0 Å². The molecule has 1 aliphatic heterocycles. The van der Waals surface area contributed by atoms with Crippen molar-refractivity contribution in [2.75, 3.05) is 32.7 Å². The van der Waals surface area contributed by atoms with E-state index >= 15 is 0 Å². The first-order valence-electron chi connectivity index (χ1n) is 8.44. The van der Waals surface area contributed by atoms with Crippen LogP contribution in [0.3, 0.4) is 0 Å². The Labute approximate surface area is 121 Å². The molecular formula is C17H36N2. The van der Waals surface area contributed by atoms with E-state index in [0.717, 1.165) is 19.0 Å². The van der Waals surface area contributed by atoms with Crippen molar-refractivity contribution in [3.63, 3.8) is 0 Å². The molecule has 2 nitrogen and oxygen atoms in total. The lowest BCUT2D eigenvalue weighted by Crippen LogP contribution is -2.34. The van der Waals surface area contributed by atoms with Crippen LogP contribution in [0.2, 0.25) is 0 Å². The van der Waals surface area contributed by atoms with Crippen LogP contribution in [-0.2, 0) is 0 Å². The summed E-state index contributed by atoms with van der Waals surface area (Å²) in [6.45, 7) is 15.5. The first-order chi connectivity index (χ1) is 9.01. The van der Waals surface area contributed by atoms with Crippen molar-refractivity contribution in [3.8, 4) is 0 Å². The molecule has 1 saturated heterocycles. The Morgan fingerprint density at radius 2 is 1.89 bits per heavy atom. The van der Waals surface area contributed by atoms with Gasteiger partial charge in [-0.2, -0.15) is 0 Å². The average Bonchev–Trinajstić information content (AvgIpc) is 2.54. The number of nitrogens with zero attached hydrogens (tertiary/aromatic N) is 1. The maximum absolute atomic E-state index is 3.60. The molecule has 0 bridgehead atoms. The lowest BCUT2D eigenvalue weighted by Gasteiger charge is -2.22. The third kappa shape index (κ3) is 8.65. The van der Waals surface area contributed by atoms with Gasteiger partial charge < -0.3 is 10.2 Å². The zero-order valence-electron chi connectivity index (χ0n) is 13.8. The van der Waals surface area contributed by atoms with Gasteiger partial charge in [-0.25, -0.2) is 0 Å². The molecule has 0 aromatic rings. The first-order valence-corrected chi connectivity index (χ1v) is 8.44. The Kier molecular flexibility index (Phi) is 8.01. The van der Waals surface area contributed by atoms with E-state index in [4.69, 9.17) is 0 Å². The van der Waals surface area contributed by atoms with Gasteiger partial charge in [0.05, 0.1) is 0 Å². The summed E-state index contributed by atoms with van der Waals surface area (Å²) in [5.41, 5.74) is 0.461. The Bertz CT molecular complexity index is 220. The fraction of sp³-hybridized carbons (Fsp3) is 1.00. The van der Waals surface area contributed by atoms with Crippen molar-refractivity contribution in [2.24, 2.45) is 11.3 Å². The second-order valence-electron chi connectivity index (χ2n) is 7.49. The van der Waals surface area contributed by atoms with Gasteiger partial charge in [0.15, 0.2) is 0 Å². The average molecular weight is 268 g/mol. The van der Waals surface area contributed by atoms with Crippen LogP contribution in [0.5, 0.6) is 0 Å². The largest absolute Gasteiger partial charge is 0.315 e. The lowest BCUT2D eigenvalue weighted by atomic mass is 9.92. The summed E-state index contributed by atoms with van der Waals surface area (Å²) in [5.74, 6) is 1.00. The number of hydrogen-bond acceptors (Lipinski definition) is 2. The topological polar surface area (TPSA) is 15.3 Å². The van der Waals surface area contributed by atoms with Crippen LogP contribution in [0.1, 0.15) is 66.2 Å². The minimum absolute atomic E-state index is 0.461. The van der Waals surface area contributed by atoms with Crippen molar-refractivity contribution in [1.82, 2.24) is 10.2 Å². The minimum Gasteiger partial charge on any atom is -0.315 e. The van der Waals surface area contributed by atoms with Gasteiger partial charge in [-0.3, -0.25) is 0 Å². The fourth-order valence-corrected chi connectivity index (χ4v) is 2.97. The zero-order chi connectivity index (χ0) is 14.1. The van der Waals surface area contributed by atoms with Crippen LogP contribution in [0.4, 0.5) is 0 Å². The molecular weight excluding hydrogens is 232 g/mol. The van der Waals surface area contributed by atoms with E-state index in [1.807, 2.05) is 0 Å². The van der Waals surface area contributed by atoms with E-state index in [0.29, 0.717) is 5.41 Å². The van der Waals surface area contributed by atoms with E-state index in [-0.39, 0.29) is 0 Å². The van der Waals surface area contributed by atoms with Crippen LogP contribution in [0.15, 0.2) is 0 Å². The Morgan fingerprint density at radius 1 is 1.11 bits per heavy atom. The molecule has 1 atom stereocenters. The highest BCUT2D eigenvalue weighted by Crippen LogP contribution is 2.21. The molecule has 2 heteroatoms. The number of rotatable bonds is 7. The second-order valence-corrected chi connectivity index (χ2v) is 7.49. The van der Waals surface area contributed by atoms with Crippen LogP contribution < -0.4 is 5.32 Å². The van der Waals surface area contributed by atoms with Crippen molar-refractivity contribution >= 4 is 0 Å². The van der Waals surface area contributed by atoms with E-state index in [9.17, 15) is 0 Å². The smallest absolute Gasteiger partial charge is 0.0107 e.